The summed E-state index contributed by atoms with van der Waals surface area (Å²) in [4.78, 5) is 31.5. The molecule has 0 spiro atoms. The van der Waals surface area contributed by atoms with E-state index in [9.17, 15) is 14.9 Å². The van der Waals surface area contributed by atoms with Gasteiger partial charge in [-0.15, -0.1) is 0 Å². The maximum absolute atomic E-state index is 13.5. The van der Waals surface area contributed by atoms with Crippen molar-refractivity contribution in [2.45, 2.75) is 32.0 Å². The standard InChI is InChI=1S/C24H20ClN5O3/c25-18-7-9-19(10-8-18)30-22-21(23(31)29(24(30)32)14-20-6-3-11-33-20)28(15-27-22)13-17-5-2-1-4-16(17)12-26/h1-2,4-5,7-10,15,20H,3,6,11,13-14H2/t20-/m0/s1. The number of benzene rings is 2. The van der Waals surface area contributed by atoms with Crippen LogP contribution >= 0.6 is 11.6 Å². The van der Waals surface area contributed by atoms with Crippen LogP contribution in [0.4, 0.5) is 0 Å². The van der Waals surface area contributed by atoms with Crippen molar-refractivity contribution < 1.29 is 4.74 Å². The molecule has 166 valence electrons. The second-order valence-corrected chi connectivity index (χ2v) is 8.40. The Labute approximate surface area is 193 Å². The molecule has 0 radical (unpaired) electrons. The summed E-state index contributed by atoms with van der Waals surface area (Å²) in [5.41, 5.74) is 1.47. The van der Waals surface area contributed by atoms with Gasteiger partial charge in [-0.05, 0) is 48.7 Å². The molecule has 4 aromatic rings. The summed E-state index contributed by atoms with van der Waals surface area (Å²) in [6.07, 6.45) is 3.03. The van der Waals surface area contributed by atoms with E-state index in [2.05, 4.69) is 11.1 Å². The van der Waals surface area contributed by atoms with Gasteiger partial charge in [0.2, 0.25) is 0 Å². The number of hydrogen-bond acceptors (Lipinski definition) is 5. The van der Waals surface area contributed by atoms with E-state index in [1.54, 1.807) is 41.0 Å². The van der Waals surface area contributed by atoms with Gasteiger partial charge in [0.25, 0.3) is 5.56 Å². The summed E-state index contributed by atoms with van der Waals surface area (Å²) < 4.78 is 10.0. The van der Waals surface area contributed by atoms with Crippen molar-refractivity contribution in [2.75, 3.05) is 6.61 Å². The lowest BCUT2D eigenvalue weighted by Gasteiger charge is -2.15. The quantitative estimate of drug-likeness (QED) is 0.455. The van der Waals surface area contributed by atoms with Crippen LogP contribution in [0.3, 0.4) is 0 Å². The molecule has 2 aromatic heterocycles. The molecule has 1 atom stereocenters. The van der Waals surface area contributed by atoms with E-state index >= 15 is 0 Å². The first-order chi connectivity index (χ1) is 16.1. The molecule has 3 heterocycles. The molecule has 1 saturated heterocycles. The van der Waals surface area contributed by atoms with Gasteiger partial charge < -0.3 is 9.30 Å². The van der Waals surface area contributed by atoms with Gasteiger partial charge in [0.15, 0.2) is 11.2 Å². The lowest BCUT2D eigenvalue weighted by molar-refractivity contribution is 0.0950. The first-order valence-electron chi connectivity index (χ1n) is 10.6. The van der Waals surface area contributed by atoms with Crippen LogP contribution in [0.2, 0.25) is 5.02 Å². The minimum Gasteiger partial charge on any atom is -0.376 e. The first kappa shape index (κ1) is 21.2. The monoisotopic (exact) mass is 461 g/mol. The molecule has 1 aliphatic rings. The van der Waals surface area contributed by atoms with Gasteiger partial charge in [0, 0.05) is 11.6 Å². The highest BCUT2D eigenvalue weighted by Crippen LogP contribution is 2.19. The fourth-order valence-electron chi connectivity index (χ4n) is 4.23. The van der Waals surface area contributed by atoms with Crippen LogP contribution in [-0.4, -0.2) is 31.4 Å². The van der Waals surface area contributed by atoms with Crippen LogP contribution in [0.1, 0.15) is 24.0 Å². The molecule has 0 unspecified atom stereocenters. The highest BCUT2D eigenvalue weighted by atomic mass is 35.5. The van der Waals surface area contributed by atoms with Crippen LogP contribution in [0.25, 0.3) is 16.9 Å². The molecular weight excluding hydrogens is 442 g/mol. The van der Waals surface area contributed by atoms with Crippen LogP contribution in [0.15, 0.2) is 64.4 Å². The number of imidazole rings is 1. The third-order valence-corrected chi connectivity index (χ3v) is 6.13. The van der Waals surface area contributed by atoms with Gasteiger partial charge in [0.1, 0.15) is 0 Å². The third kappa shape index (κ3) is 3.86. The summed E-state index contributed by atoms with van der Waals surface area (Å²) in [5, 5.41) is 10.00. The molecule has 0 amide bonds. The van der Waals surface area contributed by atoms with E-state index in [0.29, 0.717) is 22.9 Å². The number of nitriles is 1. The van der Waals surface area contributed by atoms with Crippen molar-refractivity contribution in [3.63, 3.8) is 0 Å². The second kappa shape index (κ2) is 8.70. The van der Waals surface area contributed by atoms with Crippen molar-refractivity contribution in [3.8, 4) is 11.8 Å². The molecule has 2 aromatic carbocycles. The number of aromatic nitrogens is 4. The average Bonchev–Trinajstić information content (AvgIpc) is 3.49. The fourth-order valence-corrected chi connectivity index (χ4v) is 4.35. The van der Waals surface area contributed by atoms with Gasteiger partial charge in [-0.3, -0.25) is 9.36 Å². The van der Waals surface area contributed by atoms with Gasteiger partial charge in [0.05, 0.1) is 42.8 Å². The van der Waals surface area contributed by atoms with Crippen molar-refractivity contribution in [2.24, 2.45) is 0 Å². The van der Waals surface area contributed by atoms with E-state index in [1.165, 1.54) is 15.5 Å². The van der Waals surface area contributed by atoms with Crippen molar-refractivity contribution in [3.05, 3.63) is 91.8 Å². The van der Waals surface area contributed by atoms with Gasteiger partial charge in [-0.2, -0.15) is 5.26 Å². The smallest absolute Gasteiger partial charge is 0.337 e. The summed E-state index contributed by atoms with van der Waals surface area (Å²) in [7, 11) is 0. The Kier molecular flexibility index (Phi) is 5.58. The highest BCUT2D eigenvalue weighted by Gasteiger charge is 2.23. The van der Waals surface area contributed by atoms with E-state index in [4.69, 9.17) is 16.3 Å². The number of ether oxygens (including phenoxy) is 1. The summed E-state index contributed by atoms with van der Waals surface area (Å²) in [6, 6.07) is 16.2. The first-order valence-corrected chi connectivity index (χ1v) is 11.0. The molecule has 1 fully saturated rings. The Morgan fingerprint density at radius 2 is 1.94 bits per heavy atom. The Hall–Kier alpha value is -3.67. The Balaban J connectivity index is 1.73. The van der Waals surface area contributed by atoms with Gasteiger partial charge in [-0.25, -0.2) is 14.3 Å². The van der Waals surface area contributed by atoms with Gasteiger partial charge >= 0.3 is 5.69 Å². The lowest BCUT2D eigenvalue weighted by Crippen LogP contribution is -2.42. The second-order valence-electron chi connectivity index (χ2n) is 7.96. The zero-order valence-corrected chi connectivity index (χ0v) is 18.4. The van der Waals surface area contributed by atoms with Crippen LogP contribution in [0.5, 0.6) is 0 Å². The zero-order chi connectivity index (χ0) is 22.9. The van der Waals surface area contributed by atoms with Crippen LogP contribution < -0.4 is 11.2 Å². The number of hydrogen-bond donors (Lipinski definition) is 0. The number of halogens is 1. The number of rotatable bonds is 5. The Morgan fingerprint density at radius 3 is 2.67 bits per heavy atom. The normalized spacial score (nSPS) is 15.7. The molecule has 0 aliphatic carbocycles. The maximum atomic E-state index is 13.5. The molecule has 0 saturated carbocycles. The molecule has 1 aliphatic heterocycles. The van der Waals surface area contributed by atoms with Crippen molar-refractivity contribution in [1.29, 1.82) is 5.26 Å². The predicted molar refractivity (Wildman–Crippen MR) is 124 cm³/mol. The topological polar surface area (TPSA) is 94.8 Å². The summed E-state index contributed by atoms with van der Waals surface area (Å²) in [5.74, 6) is 0. The lowest BCUT2D eigenvalue weighted by atomic mass is 10.1. The Morgan fingerprint density at radius 1 is 1.15 bits per heavy atom. The van der Waals surface area contributed by atoms with Crippen LogP contribution in [-0.2, 0) is 17.8 Å². The minimum atomic E-state index is -0.479. The minimum absolute atomic E-state index is 0.168. The third-order valence-electron chi connectivity index (χ3n) is 5.87. The largest absolute Gasteiger partial charge is 0.376 e. The molecule has 9 heteroatoms. The molecule has 0 N–H and O–H groups in total. The van der Waals surface area contributed by atoms with Gasteiger partial charge in [-0.1, -0.05) is 29.8 Å². The molecule has 33 heavy (non-hydrogen) atoms. The van der Waals surface area contributed by atoms with E-state index in [0.717, 1.165) is 18.4 Å². The average molecular weight is 462 g/mol. The van der Waals surface area contributed by atoms with Crippen molar-refractivity contribution in [1.82, 2.24) is 18.7 Å². The molecular formula is C24H20ClN5O3. The zero-order valence-electron chi connectivity index (χ0n) is 17.6. The number of nitrogens with zero attached hydrogens (tertiary/aromatic N) is 5. The van der Waals surface area contributed by atoms with Crippen molar-refractivity contribution >= 4 is 22.8 Å². The maximum Gasteiger partial charge on any atom is 0.337 e. The Bertz CT molecular complexity index is 1490. The molecule has 0 bridgehead atoms. The summed E-state index contributed by atoms with van der Waals surface area (Å²) >= 11 is 6.04. The summed E-state index contributed by atoms with van der Waals surface area (Å²) in [6.45, 7) is 1.06. The van der Waals surface area contributed by atoms with E-state index in [1.807, 2.05) is 12.1 Å². The van der Waals surface area contributed by atoms with E-state index < -0.39 is 11.2 Å². The number of fused-ring (bicyclic) bond motifs is 1. The highest BCUT2D eigenvalue weighted by molar-refractivity contribution is 6.30. The molecule has 8 nitrogen and oxygen atoms in total. The SMILES string of the molecule is N#Cc1ccccc1Cn1cnc2c1c(=O)n(C[C@@H]1CCCO1)c(=O)n2-c1ccc(Cl)cc1. The predicted octanol–water partition coefficient (Wildman–Crippen LogP) is 3.10. The van der Waals surface area contributed by atoms with E-state index in [-0.39, 0.29) is 30.4 Å². The van der Waals surface area contributed by atoms with Crippen LogP contribution in [0, 0.1) is 11.3 Å². The fraction of sp³-hybridized carbons (Fsp3) is 0.250. The molecule has 5 rings (SSSR count).